The van der Waals surface area contributed by atoms with Gasteiger partial charge in [-0.2, -0.15) is 0 Å². The number of rotatable bonds is 6. The Labute approximate surface area is 102 Å². The van der Waals surface area contributed by atoms with E-state index in [0.29, 0.717) is 17.7 Å². The van der Waals surface area contributed by atoms with E-state index in [-0.39, 0.29) is 11.9 Å². The minimum atomic E-state index is -0.551. The summed E-state index contributed by atoms with van der Waals surface area (Å²) in [6.45, 7) is 7.43. The predicted molar refractivity (Wildman–Crippen MR) is 69.3 cm³/mol. The predicted octanol–water partition coefficient (Wildman–Crippen LogP) is 2.56. The van der Waals surface area contributed by atoms with Crippen LogP contribution in [0.15, 0.2) is 36.9 Å². The Morgan fingerprint density at radius 1 is 1.47 bits per heavy atom. The van der Waals surface area contributed by atoms with E-state index >= 15 is 0 Å². The van der Waals surface area contributed by atoms with Crippen molar-refractivity contribution in [2.75, 3.05) is 0 Å². The fourth-order valence-corrected chi connectivity index (χ4v) is 1.51. The topological polar surface area (TPSA) is 52.3 Å². The highest BCUT2D eigenvalue weighted by molar-refractivity contribution is 6.02. The molecular formula is C14H19NO2. The molecule has 0 saturated heterocycles. The average Bonchev–Trinajstić information content (AvgIpc) is 2.28. The largest absolute Gasteiger partial charge is 0.490 e. The summed E-state index contributed by atoms with van der Waals surface area (Å²) in [5.41, 5.74) is 6.32. The van der Waals surface area contributed by atoms with Crippen molar-refractivity contribution >= 4 is 5.78 Å². The second-order valence-corrected chi connectivity index (χ2v) is 4.16. The number of Topliss-reactive ketones (excluding diaryl/α,β-unsaturated/α-hetero) is 1. The number of ether oxygens (including phenoxy) is 1. The number of benzene rings is 1. The smallest absolute Gasteiger partial charge is 0.183 e. The van der Waals surface area contributed by atoms with Gasteiger partial charge in [0.2, 0.25) is 0 Å². The van der Waals surface area contributed by atoms with Gasteiger partial charge < -0.3 is 10.5 Å². The summed E-state index contributed by atoms with van der Waals surface area (Å²) in [6, 6.07) is 6.62. The maximum absolute atomic E-state index is 12.1. The van der Waals surface area contributed by atoms with Gasteiger partial charge in [-0.1, -0.05) is 18.2 Å². The molecule has 3 nitrogen and oxygen atoms in total. The molecule has 0 aliphatic heterocycles. The zero-order chi connectivity index (χ0) is 12.8. The molecule has 0 fully saturated rings. The first kappa shape index (κ1) is 13.5. The van der Waals surface area contributed by atoms with Crippen LogP contribution in [-0.2, 0) is 0 Å². The van der Waals surface area contributed by atoms with Crippen LogP contribution in [-0.4, -0.2) is 17.9 Å². The molecule has 1 aromatic carbocycles. The van der Waals surface area contributed by atoms with E-state index in [1.807, 2.05) is 19.9 Å². The summed E-state index contributed by atoms with van der Waals surface area (Å²) in [5, 5.41) is 0. The average molecular weight is 233 g/mol. The molecule has 1 unspecified atom stereocenters. The van der Waals surface area contributed by atoms with Crippen LogP contribution in [0, 0.1) is 0 Å². The quantitative estimate of drug-likeness (QED) is 0.607. The van der Waals surface area contributed by atoms with Crippen LogP contribution in [0.1, 0.15) is 30.6 Å². The minimum absolute atomic E-state index is 0.0274. The molecule has 1 aromatic rings. The van der Waals surface area contributed by atoms with Crippen molar-refractivity contribution in [1.29, 1.82) is 0 Å². The van der Waals surface area contributed by atoms with Crippen molar-refractivity contribution in [2.45, 2.75) is 32.4 Å². The molecule has 3 heteroatoms. The van der Waals surface area contributed by atoms with Gasteiger partial charge in [0.25, 0.3) is 0 Å². The molecule has 0 spiro atoms. The Balaban J connectivity index is 2.96. The van der Waals surface area contributed by atoms with Crippen molar-refractivity contribution in [3.63, 3.8) is 0 Å². The van der Waals surface area contributed by atoms with Crippen LogP contribution in [0.4, 0.5) is 0 Å². The lowest BCUT2D eigenvalue weighted by molar-refractivity contribution is 0.0956. The number of carbonyl (C=O) groups excluding carboxylic acids is 1. The molecule has 0 aliphatic rings. The molecule has 0 aromatic heterocycles. The summed E-state index contributed by atoms with van der Waals surface area (Å²) < 4.78 is 5.59. The molecule has 0 aliphatic carbocycles. The third-order valence-corrected chi connectivity index (χ3v) is 2.27. The van der Waals surface area contributed by atoms with Gasteiger partial charge in [0, 0.05) is 0 Å². The summed E-state index contributed by atoms with van der Waals surface area (Å²) in [6.07, 6.45) is 2.14. The van der Waals surface area contributed by atoms with E-state index in [9.17, 15) is 4.79 Å². The third-order valence-electron chi connectivity index (χ3n) is 2.27. The van der Waals surface area contributed by atoms with Crippen LogP contribution < -0.4 is 10.5 Å². The molecule has 1 rings (SSSR count). The zero-order valence-electron chi connectivity index (χ0n) is 10.3. The van der Waals surface area contributed by atoms with Gasteiger partial charge in [-0.05, 0) is 32.4 Å². The second-order valence-electron chi connectivity index (χ2n) is 4.16. The minimum Gasteiger partial charge on any atom is -0.490 e. The van der Waals surface area contributed by atoms with Crippen LogP contribution in [0.25, 0.3) is 0 Å². The molecule has 92 valence electrons. The molecule has 0 heterocycles. The van der Waals surface area contributed by atoms with E-state index in [2.05, 4.69) is 6.58 Å². The summed E-state index contributed by atoms with van der Waals surface area (Å²) >= 11 is 0. The van der Waals surface area contributed by atoms with Crippen LogP contribution in [0.5, 0.6) is 5.75 Å². The summed E-state index contributed by atoms with van der Waals surface area (Å²) in [4.78, 5) is 12.1. The second kappa shape index (κ2) is 6.21. The molecule has 0 amide bonds. The Hall–Kier alpha value is -1.61. The van der Waals surface area contributed by atoms with E-state index in [1.165, 1.54) is 0 Å². The van der Waals surface area contributed by atoms with Gasteiger partial charge in [0.1, 0.15) is 5.75 Å². The molecule has 17 heavy (non-hydrogen) atoms. The molecular weight excluding hydrogens is 214 g/mol. The van der Waals surface area contributed by atoms with E-state index in [0.717, 1.165) is 0 Å². The SMILES string of the molecule is C=CCC(N)C(=O)c1ccccc1OC(C)C. The van der Waals surface area contributed by atoms with Crippen LogP contribution >= 0.6 is 0 Å². The lowest BCUT2D eigenvalue weighted by Crippen LogP contribution is -2.30. The first-order valence-electron chi connectivity index (χ1n) is 5.72. The monoisotopic (exact) mass is 233 g/mol. The fraction of sp³-hybridized carbons (Fsp3) is 0.357. The van der Waals surface area contributed by atoms with Gasteiger partial charge in [-0.3, -0.25) is 4.79 Å². The van der Waals surface area contributed by atoms with Gasteiger partial charge in [-0.25, -0.2) is 0 Å². The highest BCUT2D eigenvalue weighted by atomic mass is 16.5. The van der Waals surface area contributed by atoms with Crippen LogP contribution in [0.3, 0.4) is 0 Å². The molecule has 0 saturated carbocycles. The third kappa shape index (κ3) is 3.71. The lowest BCUT2D eigenvalue weighted by Gasteiger charge is -2.15. The number of carbonyl (C=O) groups is 1. The fourth-order valence-electron chi connectivity index (χ4n) is 1.51. The summed E-state index contributed by atoms with van der Waals surface area (Å²) in [5.74, 6) is 0.480. The first-order chi connectivity index (χ1) is 8.06. The lowest BCUT2D eigenvalue weighted by atomic mass is 10.0. The van der Waals surface area contributed by atoms with Gasteiger partial charge in [0.15, 0.2) is 5.78 Å². The molecule has 2 N–H and O–H groups in total. The van der Waals surface area contributed by atoms with Gasteiger partial charge in [-0.15, -0.1) is 6.58 Å². The van der Waals surface area contributed by atoms with E-state index < -0.39 is 6.04 Å². The van der Waals surface area contributed by atoms with Crippen molar-refractivity contribution in [3.8, 4) is 5.75 Å². The zero-order valence-corrected chi connectivity index (χ0v) is 10.3. The number of hydrogen-bond acceptors (Lipinski definition) is 3. The molecule has 0 radical (unpaired) electrons. The maximum atomic E-state index is 12.1. The van der Waals surface area contributed by atoms with Crippen molar-refractivity contribution < 1.29 is 9.53 Å². The Morgan fingerprint density at radius 3 is 2.71 bits per heavy atom. The molecule has 0 bridgehead atoms. The Kier molecular flexibility index (Phi) is 4.91. The van der Waals surface area contributed by atoms with Crippen molar-refractivity contribution in [2.24, 2.45) is 5.73 Å². The number of hydrogen-bond donors (Lipinski definition) is 1. The molecule has 1 atom stereocenters. The van der Waals surface area contributed by atoms with Crippen LogP contribution in [0.2, 0.25) is 0 Å². The number of ketones is 1. The standard InChI is InChI=1S/C14H19NO2/c1-4-7-12(15)14(16)11-8-5-6-9-13(11)17-10(2)3/h4-6,8-10,12H,1,7,15H2,2-3H3. The highest BCUT2D eigenvalue weighted by Gasteiger charge is 2.18. The number of para-hydroxylation sites is 1. The first-order valence-corrected chi connectivity index (χ1v) is 5.72. The van der Waals surface area contributed by atoms with Gasteiger partial charge in [0.05, 0.1) is 17.7 Å². The summed E-state index contributed by atoms with van der Waals surface area (Å²) in [7, 11) is 0. The van der Waals surface area contributed by atoms with E-state index in [1.54, 1.807) is 24.3 Å². The maximum Gasteiger partial charge on any atom is 0.183 e. The van der Waals surface area contributed by atoms with Crippen molar-refractivity contribution in [3.05, 3.63) is 42.5 Å². The van der Waals surface area contributed by atoms with Crippen molar-refractivity contribution in [1.82, 2.24) is 0 Å². The normalized spacial score (nSPS) is 12.2. The Bertz CT molecular complexity index is 399. The van der Waals surface area contributed by atoms with E-state index in [4.69, 9.17) is 10.5 Å². The highest BCUT2D eigenvalue weighted by Crippen LogP contribution is 2.21. The van der Waals surface area contributed by atoms with Gasteiger partial charge >= 0.3 is 0 Å². The Morgan fingerprint density at radius 2 is 2.12 bits per heavy atom. The number of nitrogens with two attached hydrogens (primary N) is 1.